The lowest BCUT2D eigenvalue weighted by Crippen LogP contribution is -2.44. The van der Waals surface area contributed by atoms with Gasteiger partial charge in [0, 0.05) is 29.7 Å². The summed E-state index contributed by atoms with van der Waals surface area (Å²) in [6.07, 6.45) is 8.05. The van der Waals surface area contributed by atoms with Gasteiger partial charge >= 0.3 is 0 Å². The third-order valence-corrected chi connectivity index (χ3v) is 7.78. The lowest BCUT2D eigenvalue weighted by Gasteiger charge is -2.33. The van der Waals surface area contributed by atoms with Gasteiger partial charge in [0.2, 0.25) is 5.91 Å². The second-order valence-electron chi connectivity index (χ2n) is 10.6. The van der Waals surface area contributed by atoms with Crippen molar-refractivity contribution in [2.75, 3.05) is 5.32 Å². The summed E-state index contributed by atoms with van der Waals surface area (Å²) in [4.78, 5) is 20.9. The highest BCUT2D eigenvalue weighted by molar-refractivity contribution is 6.09. The van der Waals surface area contributed by atoms with Crippen LogP contribution in [0.15, 0.2) is 85.1 Å². The van der Waals surface area contributed by atoms with Gasteiger partial charge in [0.1, 0.15) is 5.84 Å². The monoisotopic (exact) mass is 507 g/mol. The number of rotatable bonds is 11. The van der Waals surface area contributed by atoms with Gasteiger partial charge in [-0.1, -0.05) is 55.6 Å². The molecule has 2 saturated carbocycles. The molecule has 196 valence electrons. The predicted molar refractivity (Wildman–Crippen MR) is 154 cm³/mol. The third kappa shape index (κ3) is 5.64. The van der Waals surface area contributed by atoms with Crippen LogP contribution in [0.5, 0.6) is 0 Å². The van der Waals surface area contributed by atoms with E-state index < -0.39 is 0 Å². The lowest BCUT2D eigenvalue weighted by molar-refractivity contribution is -0.120. The zero-order valence-electron chi connectivity index (χ0n) is 22.4. The fourth-order valence-corrected chi connectivity index (χ4v) is 5.72. The summed E-state index contributed by atoms with van der Waals surface area (Å²) >= 11 is 0. The molecule has 2 aromatic carbocycles. The number of H-pyrrole nitrogens is 1. The van der Waals surface area contributed by atoms with Gasteiger partial charge in [0.15, 0.2) is 0 Å². The molecule has 3 aromatic rings. The standard InChI is InChI=1S/C32H37N5O/c1-5-33-31(37(6-2)20-23-10-8-7-9-11-23)30(29(25-12-13-25)26-14-15-26)32(38)34-27-18-16-24(17-19-27)28-21(3)35-36-22(28)4/h5-11,16-19,25-26,29-30H,1-2,12-15,20H2,3-4H3,(H,34,38)(H,35,36)/b33-31-. The Hall–Kier alpha value is -3.93. The van der Waals surface area contributed by atoms with Gasteiger partial charge in [0.25, 0.3) is 0 Å². The summed E-state index contributed by atoms with van der Waals surface area (Å²) in [6.45, 7) is 12.6. The zero-order chi connectivity index (χ0) is 26.6. The van der Waals surface area contributed by atoms with Gasteiger partial charge in [-0.25, -0.2) is 4.99 Å². The molecule has 6 nitrogen and oxygen atoms in total. The van der Waals surface area contributed by atoms with E-state index in [-0.39, 0.29) is 17.7 Å². The highest BCUT2D eigenvalue weighted by Gasteiger charge is 2.50. The van der Waals surface area contributed by atoms with Gasteiger partial charge in [-0.05, 0) is 86.7 Å². The van der Waals surface area contributed by atoms with E-state index in [1.807, 2.05) is 61.2 Å². The molecule has 38 heavy (non-hydrogen) atoms. The molecular weight excluding hydrogens is 470 g/mol. The van der Waals surface area contributed by atoms with E-state index in [1.165, 1.54) is 25.7 Å². The number of carbonyl (C=O) groups excluding carboxylic acids is 1. The van der Waals surface area contributed by atoms with Crippen LogP contribution >= 0.6 is 0 Å². The molecule has 2 aliphatic rings. The van der Waals surface area contributed by atoms with Crippen LogP contribution in [0, 0.1) is 37.5 Å². The molecule has 0 saturated heterocycles. The fraction of sp³-hybridized carbons (Fsp3) is 0.344. The number of aromatic amines is 1. The SMILES string of the molecule is C=C/N=C(/C(C(=O)Nc1ccc(-c2c(C)n[nH]c2C)cc1)C(C1CC1)C1CC1)N(C=C)Cc1ccccc1. The molecule has 1 unspecified atom stereocenters. The molecule has 1 heterocycles. The van der Waals surface area contributed by atoms with Crippen LogP contribution in [0.1, 0.15) is 42.6 Å². The number of amidine groups is 1. The number of amides is 1. The van der Waals surface area contributed by atoms with Crippen molar-refractivity contribution in [2.45, 2.75) is 46.1 Å². The van der Waals surface area contributed by atoms with Crippen LogP contribution in [0.25, 0.3) is 11.1 Å². The Morgan fingerprint density at radius 2 is 1.74 bits per heavy atom. The van der Waals surface area contributed by atoms with Crippen LogP contribution in [0.3, 0.4) is 0 Å². The Morgan fingerprint density at radius 3 is 2.26 bits per heavy atom. The van der Waals surface area contributed by atoms with E-state index in [0.717, 1.165) is 39.6 Å². The van der Waals surface area contributed by atoms with Crippen LogP contribution in [-0.2, 0) is 11.3 Å². The molecule has 2 fully saturated rings. The van der Waals surface area contributed by atoms with E-state index >= 15 is 0 Å². The van der Waals surface area contributed by atoms with Gasteiger partial charge in [0.05, 0.1) is 11.6 Å². The molecule has 0 bridgehead atoms. The average Bonchev–Trinajstić information content (AvgIpc) is 3.86. The first-order valence-corrected chi connectivity index (χ1v) is 13.5. The number of aromatic nitrogens is 2. The number of hydrogen-bond donors (Lipinski definition) is 2. The van der Waals surface area contributed by atoms with E-state index in [0.29, 0.717) is 18.4 Å². The van der Waals surface area contributed by atoms with Crippen LogP contribution in [-0.4, -0.2) is 26.8 Å². The van der Waals surface area contributed by atoms with Gasteiger partial charge in [-0.2, -0.15) is 5.10 Å². The van der Waals surface area contributed by atoms with E-state index in [9.17, 15) is 4.79 Å². The van der Waals surface area contributed by atoms with Crippen molar-refractivity contribution >= 4 is 17.4 Å². The van der Waals surface area contributed by atoms with Gasteiger partial charge in [-0.3, -0.25) is 9.89 Å². The minimum atomic E-state index is -0.382. The number of carbonyl (C=O) groups is 1. The van der Waals surface area contributed by atoms with Crippen LogP contribution in [0.2, 0.25) is 0 Å². The second kappa shape index (κ2) is 11.2. The molecule has 2 aliphatic carbocycles. The summed E-state index contributed by atoms with van der Waals surface area (Å²) in [5.74, 6) is 1.71. The van der Waals surface area contributed by atoms with E-state index in [1.54, 1.807) is 12.4 Å². The number of anilines is 1. The quantitative estimate of drug-likeness (QED) is 0.220. The zero-order valence-corrected chi connectivity index (χ0v) is 22.4. The highest BCUT2D eigenvalue weighted by atomic mass is 16.2. The van der Waals surface area contributed by atoms with Crippen molar-refractivity contribution in [3.63, 3.8) is 0 Å². The topological polar surface area (TPSA) is 73.4 Å². The minimum Gasteiger partial charge on any atom is -0.332 e. The minimum absolute atomic E-state index is 0.0160. The average molecular weight is 508 g/mol. The summed E-state index contributed by atoms with van der Waals surface area (Å²) in [5.41, 5.74) is 6.09. The van der Waals surface area contributed by atoms with Crippen molar-refractivity contribution in [1.29, 1.82) is 0 Å². The Labute approximate surface area is 225 Å². The Morgan fingerprint density at radius 1 is 1.08 bits per heavy atom. The third-order valence-electron chi connectivity index (χ3n) is 7.78. The second-order valence-corrected chi connectivity index (χ2v) is 10.6. The van der Waals surface area contributed by atoms with Crippen molar-refractivity contribution in [3.8, 4) is 11.1 Å². The maximum absolute atomic E-state index is 14.1. The molecule has 1 amide bonds. The number of benzene rings is 2. The maximum Gasteiger partial charge on any atom is 0.235 e. The first-order chi connectivity index (χ1) is 18.5. The first-order valence-electron chi connectivity index (χ1n) is 13.5. The molecule has 0 radical (unpaired) electrons. The molecule has 5 rings (SSSR count). The summed E-state index contributed by atoms with van der Waals surface area (Å²) in [7, 11) is 0. The number of nitrogens with zero attached hydrogens (tertiary/aromatic N) is 3. The molecule has 2 N–H and O–H groups in total. The number of aryl methyl sites for hydroxylation is 2. The van der Waals surface area contributed by atoms with Gasteiger partial charge in [-0.15, -0.1) is 0 Å². The molecule has 0 spiro atoms. The number of aliphatic imine (C=N–C) groups is 1. The fourth-order valence-electron chi connectivity index (χ4n) is 5.72. The number of nitrogens with one attached hydrogen (secondary N) is 2. The van der Waals surface area contributed by atoms with Gasteiger partial charge < -0.3 is 10.2 Å². The summed E-state index contributed by atoms with van der Waals surface area (Å²) in [6, 6.07) is 18.3. The molecule has 6 heteroatoms. The van der Waals surface area contributed by atoms with Crippen molar-refractivity contribution < 1.29 is 4.79 Å². The molecule has 1 atom stereocenters. The lowest BCUT2D eigenvalue weighted by atomic mass is 9.81. The molecular formula is C32H37N5O. The predicted octanol–water partition coefficient (Wildman–Crippen LogP) is 6.87. The van der Waals surface area contributed by atoms with Crippen LogP contribution < -0.4 is 5.32 Å². The highest BCUT2D eigenvalue weighted by Crippen LogP contribution is 2.53. The van der Waals surface area contributed by atoms with E-state index in [4.69, 9.17) is 4.99 Å². The van der Waals surface area contributed by atoms with Crippen molar-refractivity contribution in [3.05, 3.63) is 97.1 Å². The molecule has 0 aliphatic heterocycles. The van der Waals surface area contributed by atoms with Crippen molar-refractivity contribution in [1.82, 2.24) is 15.1 Å². The number of hydrogen-bond acceptors (Lipinski definition) is 3. The Bertz CT molecular complexity index is 1280. The first kappa shape index (κ1) is 25.7. The summed E-state index contributed by atoms with van der Waals surface area (Å²) < 4.78 is 0. The normalized spacial score (nSPS) is 16.2. The van der Waals surface area contributed by atoms with E-state index in [2.05, 4.69) is 40.8 Å². The van der Waals surface area contributed by atoms with Crippen LogP contribution in [0.4, 0.5) is 5.69 Å². The van der Waals surface area contributed by atoms with Crippen molar-refractivity contribution in [2.24, 2.45) is 28.7 Å². The summed E-state index contributed by atoms with van der Waals surface area (Å²) in [5, 5.41) is 10.6. The maximum atomic E-state index is 14.1. The Balaban J connectivity index is 1.44. The Kier molecular flexibility index (Phi) is 7.59. The smallest absolute Gasteiger partial charge is 0.235 e. The molecule has 1 aromatic heterocycles. The largest absolute Gasteiger partial charge is 0.332 e.